The zero-order chi connectivity index (χ0) is 15.2. The van der Waals surface area contributed by atoms with Gasteiger partial charge in [-0.2, -0.15) is 0 Å². The Bertz CT molecular complexity index is 333. The minimum Gasteiger partial charge on any atom is -0.481 e. The first-order chi connectivity index (χ1) is 9.45. The van der Waals surface area contributed by atoms with E-state index in [0.29, 0.717) is 12.8 Å². The van der Waals surface area contributed by atoms with Crippen molar-refractivity contribution in [1.29, 1.82) is 0 Å². The number of carboxylic acid groups (broad SMARTS) is 1. The van der Waals surface area contributed by atoms with Crippen LogP contribution in [0.25, 0.3) is 0 Å². The lowest BCUT2D eigenvalue weighted by Crippen LogP contribution is -2.40. The van der Waals surface area contributed by atoms with Crippen LogP contribution in [-0.2, 0) is 9.59 Å². The predicted molar refractivity (Wildman–Crippen MR) is 76.2 cm³/mol. The molecule has 1 fully saturated rings. The van der Waals surface area contributed by atoms with E-state index in [0.717, 1.165) is 25.7 Å². The molecule has 1 amide bonds. The molecule has 0 radical (unpaired) electrons. The largest absolute Gasteiger partial charge is 0.481 e. The van der Waals surface area contributed by atoms with E-state index in [4.69, 9.17) is 0 Å². The van der Waals surface area contributed by atoms with E-state index in [2.05, 4.69) is 5.32 Å². The van der Waals surface area contributed by atoms with Gasteiger partial charge in [-0.15, -0.1) is 0 Å². The Labute approximate surface area is 120 Å². The molecule has 5 heteroatoms. The first-order valence-electron chi connectivity index (χ1n) is 7.63. The molecule has 1 unspecified atom stereocenters. The quantitative estimate of drug-likeness (QED) is 0.636. The Morgan fingerprint density at radius 3 is 2.20 bits per heavy atom. The lowest BCUT2D eigenvalue weighted by molar-refractivity contribution is -0.151. The smallest absolute Gasteiger partial charge is 0.310 e. The molecule has 20 heavy (non-hydrogen) atoms. The number of carbonyl (C=O) groups is 2. The van der Waals surface area contributed by atoms with Gasteiger partial charge < -0.3 is 15.5 Å². The van der Waals surface area contributed by atoms with Crippen molar-refractivity contribution in [3.05, 3.63) is 0 Å². The van der Waals surface area contributed by atoms with Crippen molar-refractivity contribution in [3.8, 4) is 0 Å². The Kier molecular flexibility index (Phi) is 6.46. The second-order valence-corrected chi connectivity index (χ2v) is 5.92. The van der Waals surface area contributed by atoms with E-state index in [9.17, 15) is 19.8 Å². The maximum atomic E-state index is 11.9. The van der Waals surface area contributed by atoms with Gasteiger partial charge in [0, 0.05) is 13.0 Å². The third-order valence-electron chi connectivity index (χ3n) is 4.61. The number of rotatable bonds is 8. The summed E-state index contributed by atoms with van der Waals surface area (Å²) in [5.41, 5.74) is -0.885. The average molecular weight is 285 g/mol. The molecule has 0 aliphatic heterocycles. The third-order valence-corrected chi connectivity index (χ3v) is 4.61. The molecule has 1 atom stereocenters. The topological polar surface area (TPSA) is 86.6 Å². The molecular weight excluding hydrogens is 258 g/mol. The van der Waals surface area contributed by atoms with Gasteiger partial charge in [0.05, 0.1) is 11.5 Å². The van der Waals surface area contributed by atoms with Crippen LogP contribution in [0.4, 0.5) is 0 Å². The van der Waals surface area contributed by atoms with Crippen molar-refractivity contribution in [2.45, 2.75) is 64.9 Å². The second-order valence-electron chi connectivity index (χ2n) is 5.92. The van der Waals surface area contributed by atoms with Crippen LogP contribution in [0.1, 0.15) is 58.8 Å². The Balaban J connectivity index is 2.45. The molecule has 0 aromatic rings. The number of hydrogen-bond donors (Lipinski definition) is 3. The minimum absolute atomic E-state index is 0.0258. The highest BCUT2D eigenvalue weighted by Crippen LogP contribution is 2.41. The number of carboxylic acids is 1. The van der Waals surface area contributed by atoms with Gasteiger partial charge in [-0.05, 0) is 18.8 Å². The van der Waals surface area contributed by atoms with Crippen LogP contribution in [0, 0.1) is 11.3 Å². The summed E-state index contributed by atoms with van der Waals surface area (Å²) < 4.78 is 0. The fourth-order valence-corrected chi connectivity index (χ4v) is 3.11. The van der Waals surface area contributed by atoms with Gasteiger partial charge in [0.15, 0.2) is 0 Å². The molecule has 0 bridgehead atoms. The molecule has 5 nitrogen and oxygen atoms in total. The van der Waals surface area contributed by atoms with Crippen LogP contribution in [0.5, 0.6) is 0 Å². The van der Waals surface area contributed by atoms with E-state index >= 15 is 0 Å². The van der Waals surface area contributed by atoms with Gasteiger partial charge in [-0.3, -0.25) is 9.59 Å². The van der Waals surface area contributed by atoms with Gasteiger partial charge in [-0.1, -0.05) is 39.5 Å². The zero-order valence-electron chi connectivity index (χ0n) is 12.5. The van der Waals surface area contributed by atoms with E-state index in [1.54, 1.807) is 0 Å². The maximum absolute atomic E-state index is 11.9. The first kappa shape index (κ1) is 17.0. The van der Waals surface area contributed by atoms with Gasteiger partial charge >= 0.3 is 5.97 Å². The highest BCUT2D eigenvalue weighted by atomic mass is 16.4. The number of aliphatic carboxylic acids is 1. The van der Waals surface area contributed by atoms with Gasteiger partial charge in [0.25, 0.3) is 0 Å². The highest BCUT2D eigenvalue weighted by Gasteiger charge is 2.42. The molecule has 0 aromatic heterocycles. The predicted octanol–water partition coefficient (Wildman–Crippen LogP) is 1.93. The van der Waals surface area contributed by atoms with Crippen LogP contribution in [0.2, 0.25) is 0 Å². The van der Waals surface area contributed by atoms with Crippen molar-refractivity contribution < 1.29 is 19.8 Å². The molecule has 116 valence electrons. The minimum atomic E-state index is -0.885. The summed E-state index contributed by atoms with van der Waals surface area (Å²) in [5, 5.41) is 22.0. The van der Waals surface area contributed by atoms with Crippen LogP contribution in [0.3, 0.4) is 0 Å². The van der Waals surface area contributed by atoms with Crippen LogP contribution < -0.4 is 5.32 Å². The molecule has 1 aliphatic rings. The van der Waals surface area contributed by atoms with Crippen molar-refractivity contribution in [2.24, 2.45) is 11.3 Å². The summed E-state index contributed by atoms with van der Waals surface area (Å²) in [6.07, 6.45) is 4.09. The fourth-order valence-electron chi connectivity index (χ4n) is 3.11. The number of nitrogens with one attached hydrogen (secondary N) is 1. The summed E-state index contributed by atoms with van der Waals surface area (Å²) in [7, 11) is 0. The number of aliphatic hydroxyl groups is 1. The third kappa shape index (κ3) is 4.20. The molecule has 0 saturated heterocycles. The van der Waals surface area contributed by atoms with Crippen LogP contribution in [0.15, 0.2) is 0 Å². The molecule has 0 spiro atoms. The fraction of sp³-hybridized carbons (Fsp3) is 0.867. The second kappa shape index (κ2) is 7.62. The Morgan fingerprint density at radius 1 is 1.20 bits per heavy atom. The van der Waals surface area contributed by atoms with Crippen LogP contribution >= 0.6 is 0 Å². The normalized spacial score (nSPS) is 19.0. The van der Waals surface area contributed by atoms with Gasteiger partial charge in [0.1, 0.15) is 0 Å². The monoisotopic (exact) mass is 285 g/mol. The highest BCUT2D eigenvalue weighted by molar-refractivity contribution is 5.85. The van der Waals surface area contributed by atoms with E-state index < -0.39 is 17.5 Å². The summed E-state index contributed by atoms with van der Waals surface area (Å²) in [6.45, 7) is 4.23. The lowest BCUT2D eigenvalue weighted by atomic mass is 9.82. The molecule has 3 N–H and O–H groups in total. The molecule has 1 saturated carbocycles. The number of carbonyl (C=O) groups excluding carboxylic acids is 1. The van der Waals surface area contributed by atoms with E-state index in [-0.39, 0.29) is 24.8 Å². The number of hydrogen-bond acceptors (Lipinski definition) is 3. The summed E-state index contributed by atoms with van der Waals surface area (Å²) in [6, 6.07) is 0. The van der Waals surface area contributed by atoms with Crippen molar-refractivity contribution >= 4 is 11.9 Å². The summed E-state index contributed by atoms with van der Waals surface area (Å²) in [4.78, 5) is 23.3. The van der Waals surface area contributed by atoms with Gasteiger partial charge in [0.2, 0.25) is 5.91 Å². The Hall–Kier alpha value is -1.10. The Morgan fingerprint density at radius 2 is 1.75 bits per heavy atom. The number of amides is 1. The molecule has 0 aromatic carbocycles. The van der Waals surface area contributed by atoms with Crippen molar-refractivity contribution in [2.75, 3.05) is 6.54 Å². The summed E-state index contributed by atoms with van der Waals surface area (Å²) >= 11 is 0. The first-order valence-corrected chi connectivity index (χ1v) is 7.63. The maximum Gasteiger partial charge on any atom is 0.310 e. The van der Waals surface area contributed by atoms with Gasteiger partial charge in [-0.25, -0.2) is 0 Å². The van der Waals surface area contributed by atoms with E-state index in [1.165, 1.54) is 0 Å². The molecule has 1 rings (SSSR count). The standard InChI is InChI=1S/C15H27NO4/c1-3-11(4-2)12(17)10-16-13(18)9-15(14(19)20)7-5-6-8-15/h11-12,17H,3-10H2,1-2H3,(H,16,18)(H,19,20). The SMILES string of the molecule is CCC(CC)C(O)CNC(=O)CC1(C(=O)O)CCCC1. The van der Waals surface area contributed by atoms with Crippen molar-refractivity contribution in [3.63, 3.8) is 0 Å². The van der Waals surface area contributed by atoms with Crippen molar-refractivity contribution in [1.82, 2.24) is 5.32 Å². The van der Waals surface area contributed by atoms with E-state index in [1.807, 2.05) is 13.8 Å². The number of aliphatic hydroxyl groups excluding tert-OH is 1. The average Bonchev–Trinajstić information content (AvgIpc) is 2.87. The van der Waals surface area contributed by atoms with Crippen LogP contribution in [-0.4, -0.2) is 34.7 Å². The molecule has 1 aliphatic carbocycles. The molecule has 0 heterocycles. The molecular formula is C15H27NO4. The zero-order valence-corrected chi connectivity index (χ0v) is 12.5. The lowest BCUT2D eigenvalue weighted by Gasteiger charge is -2.24. The summed E-state index contributed by atoms with van der Waals surface area (Å²) in [5.74, 6) is -0.958.